The summed E-state index contributed by atoms with van der Waals surface area (Å²) in [7, 11) is 0. The lowest BCUT2D eigenvalue weighted by Gasteiger charge is -2.28. The molecule has 1 heterocycles. The van der Waals surface area contributed by atoms with Gasteiger partial charge in [0.05, 0.1) is 11.4 Å². The van der Waals surface area contributed by atoms with E-state index in [1.807, 2.05) is 102 Å². The van der Waals surface area contributed by atoms with Crippen LogP contribution in [-0.2, 0) is 20.4 Å². The lowest BCUT2D eigenvalue weighted by Crippen LogP contribution is -2.27. The van der Waals surface area contributed by atoms with Gasteiger partial charge >= 0.3 is 0 Å². The van der Waals surface area contributed by atoms with E-state index < -0.39 is 10.8 Å². The first-order valence-corrected chi connectivity index (χ1v) is 15.9. The Kier molecular flexibility index (Phi) is 9.06. The fourth-order valence-corrected chi connectivity index (χ4v) is 4.91. The molecule has 0 aliphatic rings. The molecule has 2 amide bonds. The number of carbonyl (C=O) groups is 2. The van der Waals surface area contributed by atoms with Gasteiger partial charge in [-0.05, 0) is 47.2 Å². The first-order chi connectivity index (χ1) is 21.1. The van der Waals surface area contributed by atoms with Crippen LogP contribution in [0.1, 0.15) is 94.2 Å². The van der Waals surface area contributed by atoms with Gasteiger partial charge in [-0.1, -0.05) is 107 Å². The van der Waals surface area contributed by atoms with E-state index in [1.54, 1.807) is 0 Å². The lowest BCUT2D eigenvalue weighted by molar-refractivity contribution is -0.123. The number of aromatic nitrogens is 2. The molecule has 0 radical (unpaired) electrons. The van der Waals surface area contributed by atoms with Gasteiger partial charge in [0.15, 0.2) is 0 Å². The molecule has 244 valence electrons. The number of aromatic hydroxyl groups is 1. The zero-order valence-electron chi connectivity index (χ0n) is 29.5. The van der Waals surface area contributed by atoms with E-state index in [2.05, 4.69) is 57.2 Å². The van der Waals surface area contributed by atoms with E-state index in [4.69, 9.17) is 4.98 Å². The van der Waals surface area contributed by atoms with Crippen molar-refractivity contribution >= 4 is 23.2 Å². The zero-order valence-corrected chi connectivity index (χ0v) is 29.5. The second-order valence-electron chi connectivity index (χ2n) is 16.3. The summed E-state index contributed by atoms with van der Waals surface area (Å²) in [5.74, 6) is 0.881. The van der Waals surface area contributed by atoms with E-state index in [1.165, 1.54) is 0 Å². The van der Waals surface area contributed by atoms with E-state index in [0.717, 1.165) is 39.2 Å². The highest BCUT2D eigenvalue weighted by Gasteiger charge is 2.28. The van der Waals surface area contributed by atoms with Crippen molar-refractivity contribution in [1.29, 1.82) is 0 Å². The fraction of sp³-hybridized carbons (Fsp3) is 0.410. The van der Waals surface area contributed by atoms with Gasteiger partial charge in [-0.25, -0.2) is 4.98 Å². The highest BCUT2D eigenvalue weighted by Crippen LogP contribution is 2.43. The third-order valence-electron chi connectivity index (χ3n) is 7.91. The molecular weight excluding hydrogens is 572 g/mol. The summed E-state index contributed by atoms with van der Waals surface area (Å²) in [6, 6.07) is 19.4. The van der Waals surface area contributed by atoms with Gasteiger partial charge in [-0.15, -0.1) is 0 Å². The number of carbonyl (C=O) groups excluding carboxylic acids is 2. The Labute approximate surface area is 274 Å². The molecule has 7 heteroatoms. The SMILES string of the molecule is CC(C)(C)C(=O)Nc1ccc(-c2nc(-c3cc(C(C)(C)C)c(O)c(C(C)(C)C)c3)[nH]c2-c2ccc(NC(=O)C(C)(C)C)cc2)cc1. The van der Waals surface area contributed by atoms with E-state index in [0.29, 0.717) is 22.9 Å². The van der Waals surface area contributed by atoms with E-state index in [9.17, 15) is 14.7 Å². The Morgan fingerprint density at radius 3 is 1.37 bits per heavy atom. The number of nitrogens with zero attached hydrogens (tertiary/aromatic N) is 1. The lowest BCUT2D eigenvalue weighted by atomic mass is 9.78. The van der Waals surface area contributed by atoms with Crippen LogP contribution in [0.2, 0.25) is 0 Å². The van der Waals surface area contributed by atoms with Crippen molar-refractivity contribution < 1.29 is 14.7 Å². The quantitative estimate of drug-likeness (QED) is 0.178. The van der Waals surface area contributed by atoms with Crippen molar-refractivity contribution in [2.75, 3.05) is 10.6 Å². The van der Waals surface area contributed by atoms with Crippen LogP contribution in [0.15, 0.2) is 60.7 Å². The van der Waals surface area contributed by atoms with Gasteiger partial charge in [-0.3, -0.25) is 9.59 Å². The largest absolute Gasteiger partial charge is 0.507 e. The molecule has 3 aromatic carbocycles. The summed E-state index contributed by atoms with van der Waals surface area (Å²) in [5.41, 5.74) is 5.75. The second-order valence-corrected chi connectivity index (χ2v) is 16.3. The number of anilines is 2. The van der Waals surface area contributed by atoms with Crippen molar-refractivity contribution in [3.8, 4) is 39.7 Å². The summed E-state index contributed by atoms with van der Waals surface area (Å²) in [6.07, 6.45) is 0. The minimum absolute atomic E-state index is 0.0555. The molecule has 0 aliphatic carbocycles. The molecule has 4 rings (SSSR count). The van der Waals surface area contributed by atoms with Crippen LogP contribution in [0.5, 0.6) is 5.75 Å². The van der Waals surface area contributed by atoms with Crippen molar-refractivity contribution in [2.24, 2.45) is 10.8 Å². The highest BCUT2D eigenvalue weighted by molar-refractivity contribution is 5.96. The summed E-state index contributed by atoms with van der Waals surface area (Å²) in [5, 5.41) is 17.3. The number of hydrogen-bond donors (Lipinski definition) is 4. The predicted molar refractivity (Wildman–Crippen MR) is 190 cm³/mol. The van der Waals surface area contributed by atoms with Crippen LogP contribution >= 0.6 is 0 Å². The van der Waals surface area contributed by atoms with Crippen molar-refractivity contribution in [1.82, 2.24) is 9.97 Å². The topological polar surface area (TPSA) is 107 Å². The number of phenols is 1. The number of nitrogens with one attached hydrogen (secondary N) is 3. The molecule has 0 bridgehead atoms. The van der Waals surface area contributed by atoms with Crippen LogP contribution in [0.3, 0.4) is 0 Å². The maximum Gasteiger partial charge on any atom is 0.229 e. The summed E-state index contributed by atoms with van der Waals surface area (Å²) in [4.78, 5) is 33.9. The van der Waals surface area contributed by atoms with E-state index >= 15 is 0 Å². The van der Waals surface area contributed by atoms with Crippen LogP contribution in [0.4, 0.5) is 11.4 Å². The van der Waals surface area contributed by atoms with Crippen molar-refractivity contribution in [3.63, 3.8) is 0 Å². The molecule has 0 aliphatic heterocycles. The van der Waals surface area contributed by atoms with Crippen LogP contribution in [0, 0.1) is 10.8 Å². The number of benzene rings is 3. The molecule has 0 fully saturated rings. The average Bonchev–Trinajstić information content (AvgIpc) is 3.37. The third kappa shape index (κ3) is 7.69. The molecule has 0 spiro atoms. The molecule has 0 unspecified atom stereocenters. The van der Waals surface area contributed by atoms with Gasteiger partial charge in [0.2, 0.25) is 11.8 Å². The number of aromatic amines is 1. The molecule has 1 aromatic heterocycles. The fourth-order valence-electron chi connectivity index (χ4n) is 4.91. The number of imidazole rings is 1. The molecular formula is C39H50N4O3. The summed E-state index contributed by atoms with van der Waals surface area (Å²) < 4.78 is 0. The Morgan fingerprint density at radius 1 is 0.609 bits per heavy atom. The Hall–Kier alpha value is -4.39. The Bertz CT molecular complexity index is 1610. The average molecular weight is 623 g/mol. The van der Waals surface area contributed by atoms with Gasteiger partial charge in [0.1, 0.15) is 11.6 Å². The number of hydrogen-bond acceptors (Lipinski definition) is 4. The first-order valence-electron chi connectivity index (χ1n) is 15.9. The van der Waals surface area contributed by atoms with Gasteiger partial charge in [-0.2, -0.15) is 0 Å². The van der Waals surface area contributed by atoms with Crippen LogP contribution < -0.4 is 10.6 Å². The van der Waals surface area contributed by atoms with Gasteiger partial charge < -0.3 is 20.7 Å². The molecule has 0 atom stereocenters. The summed E-state index contributed by atoms with van der Waals surface area (Å²) >= 11 is 0. The van der Waals surface area contributed by atoms with Gasteiger partial charge in [0, 0.05) is 50.0 Å². The second kappa shape index (κ2) is 12.1. The molecule has 4 N–H and O–H groups in total. The van der Waals surface area contributed by atoms with E-state index in [-0.39, 0.29) is 22.6 Å². The Balaban J connectivity index is 1.86. The monoisotopic (exact) mass is 622 g/mol. The van der Waals surface area contributed by atoms with Crippen molar-refractivity contribution in [2.45, 2.75) is 93.9 Å². The minimum atomic E-state index is -0.511. The molecule has 4 aromatic rings. The summed E-state index contributed by atoms with van der Waals surface area (Å²) in [6.45, 7) is 23.9. The number of phenolic OH excluding ortho intramolecular Hbond substituents is 1. The number of amides is 2. The van der Waals surface area contributed by atoms with Crippen LogP contribution in [0.25, 0.3) is 33.9 Å². The van der Waals surface area contributed by atoms with Crippen molar-refractivity contribution in [3.05, 3.63) is 71.8 Å². The standard InChI is InChI=1S/C39H50N4O3/c1-36(2,3)28-21-25(22-29(32(28)44)37(4,5)6)33-42-30(23-13-17-26(18-14-23)40-34(45)38(7,8)9)31(43-33)24-15-19-27(20-16-24)41-35(46)39(10,11)12/h13-22,44H,1-12H3,(H,40,45)(H,41,46)(H,42,43). The Morgan fingerprint density at radius 2 is 1.00 bits per heavy atom. The molecule has 0 saturated carbocycles. The normalized spacial score (nSPS) is 12.6. The third-order valence-corrected chi connectivity index (χ3v) is 7.91. The first kappa shape index (κ1) is 34.5. The number of H-pyrrole nitrogens is 1. The maximum atomic E-state index is 12.6. The van der Waals surface area contributed by atoms with Gasteiger partial charge in [0.25, 0.3) is 0 Å². The zero-order chi connectivity index (χ0) is 34.4. The minimum Gasteiger partial charge on any atom is -0.507 e. The molecule has 46 heavy (non-hydrogen) atoms. The highest BCUT2D eigenvalue weighted by atomic mass is 16.3. The smallest absolute Gasteiger partial charge is 0.229 e. The van der Waals surface area contributed by atoms with Crippen LogP contribution in [-0.4, -0.2) is 26.9 Å². The predicted octanol–water partition coefficient (Wildman–Crippen LogP) is 9.68. The number of rotatable bonds is 5. The maximum absolute atomic E-state index is 12.6. The molecule has 0 saturated heterocycles. The molecule has 7 nitrogen and oxygen atoms in total.